The molecule has 1 aromatic heterocycles. The lowest BCUT2D eigenvalue weighted by molar-refractivity contribution is 1.16. The van der Waals surface area contributed by atoms with Crippen molar-refractivity contribution in [3.05, 3.63) is 37.6 Å². The summed E-state index contributed by atoms with van der Waals surface area (Å²) in [6.45, 7) is 2.05. The van der Waals surface area contributed by atoms with Crippen molar-refractivity contribution >= 4 is 48.9 Å². The average molecular weight is 386 g/mol. The van der Waals surface area contributed by atoms with Crippen LogP contribution in [0.5, 0.6) is 0 Å². The molecule has 5 heteroatoms. The molecule has 0 amide bonds. The Hall–Kier alpha value is -0.830. The third-order valence-electron chi connectivity index (χ3n) is 2.63. The molecule has 0 aliphatic carbocycles. The fraction of sp³-hybridized carbons (Fsp3) is 0.154. The number of nitriles is 1. The number of rotatable bonds is 2. The highest BCUT2D eigenvalue weighted by molar-refractivity contribution is 9.11. The predicted molar refractivity (Wildman–Crippen MR) is 83.7 cm³/mol. The molecule has 92 valence electrons. The molecule has 0 radical (unpaired) electrons. The minimum atomic E-state index is 0.595. The summed E-state index contributed by atoms with van der Waals surface area (Å²) in [6.07, 6.45) is 0.823. The maximum absolute atomic E-state index is 9.07. The molecule has 0 saturated carbocycles. The number of hydrogen-bond acceptors (Lipinski definition) is 3. The average Bonchev–Trinajstić information content (AvgIpc) is 2.64. The number of thiophene rings is 1. The standard InChI is InChI=1S/C13H10Br2N2S/c1-2-10-12(17)11(6-16)18-13(10)7-3-8(14)5-9(15)4-7/h3-5H,2,17H2,1H3. The van der Waals surface area contributed by atoms with Crippen molar-refractivity contribution in [1.29, 1.82) is 5.26 Å². The van der Waals surface area contributed by atoms with Crippen LogP contribution in [0, 0.1) is 11.3 Å². The molecule has 0 aliphatic heterocycles. The lowest BCUT2D eigenvalue weighted by Crippen LogP contribution is -1.91. The molecular weight excluding hydrogens is 376 g/mol. The second kappa shape index (κ2) is 5.43. The van der Waals surface area contributed by atoms with Crippen LogP contribution in [-0.4, -0.2) is 0 Å². The summed E-state index contributed by atoms with van der Waals surface area (Å²) in [4.78, 5) is 1.67. The second-order valence-electron chi connectivity index (χ2n) is 3.78. The van der Waals surface area contributed by atoms with Crippen molar-refractivity contribution in [3.8, 4) is 16.5 Å². The number of benzene rings is 1. The third-order valence-corrected chi connectivity index (χ3v) is 4.75. The second-order valence-corrected chi connectivity index (χ2v) is 6.63. The number of halogens is 2. The first kappa shape index (κ1) is 13.6. The van der Waals surface area contributed by atoms with E-state index in [2.05, 4.69) is 44.9 Å². The van der Waals surface area contributed by atoms with Crippen LogP contribution in [0.4, 0.5) is 5.69 Å². The number of nitrogen functional groups attached to an aromatic ring is 1. The van der Waals surface area contributed by atoms with E-state index in [1.54, 1.807) is 0 Å². The molecule has 0 atom stereocenters. The zero-order chi connectivity index (χ0) is 13.3. The SMILES string of the molecule is CCc1c(-c2cc(Br)cc(Br)c2)sc(C#N)c1N. The van der Waals surface area contributed by atoms with Gasteiger partial charge in [0.05, 0.1) is 5.69 Å². The molecule has 2 aromatic rings. The van der Waals surface area contributed by atoms with Gasteiger partial charge in [0, 0.05) is 13.8 Å². The maximum Gasteiger partial charge on any atom is 0.128 e. The van der Waals surface area contributed by atoms with Crippen LogP contribution in [0.1, 0.15) is 17.4 Å². The predicted octanol–water partition coefficient (Wildman–Crippen LogP) is 4.96. The Labute approximate surface area is 127 Å². The van der Waals surface area contributed by atoms with E-state index in [9.17, 15) is 0 Å². The van der Waals surface area contributed by atoms with E-state index in [1.807, 2.05) is 18.2 Å². The maximum atomic E-state index is 9.07. The zero-order valence-corrected chi connectivity index (χ0v) is 13.6. The van der Waals surface area contributed by atoms with Gasteiger partial charge in [0.15, 0.2) is 0 Å². The van der Waals surface area contributed by atoms with E-state index in [4.69, 9.17) is 11.0 Å². The molecule has 0 unspecified atom stereocenters. The highest BCUT2D eigenvalue weighted by Gasteiger charge is 2.16. The van der Waals surface area contributed by atoms with E-state index >= 15 is 0 Å². The van der Waals surface area contributed by atoms with Crippen LogP contribution in [0.25, 0.3) is 10.4 Å². The first-order chi connectivity index (χ1) is 8.56. The molecule has 0 bridgehead atoms. The van der Waals surface area contributed by atoms with Gasteiger partial charge >= 0.3 is 0 Å². The Morgan fingerprint density at radius 3 is 2.39 bits per heavy atom. The van der Waals surface area contributed by atoms with Crippen LogP contribution in [0.2, 0.25) is 0 Å². The number of nitrogens with two attached hydrogens (primary N) is 1. The van der Waals surface area contributed by atoms with E-state index in [1.165, 1.54) is 11.3 Å². The largest absolute Gasteiger partial charge is 0.397 e. The van der Waals surface area contributed by atoms with Crippen molar-refractivity contribution in [1.82, 2.24) is 0 Å². The molecule has 0 fully saturated rings. The highest BCUT2D eigenvalue weighted by atomic mass is 79.9. The Morgan fingerprint density at radius 1 is 1.28 bits per heavy atom. The molecule has 0 saturated heterocycles. The summed E-state index contributed by atoms with van der Waals surface area (Å²) in [7, 11) is 0. The van der Waals surface area contributed by atoms with Crippen molar-refractivity contribution in [2.24, 2.45) is 0 Å². The lowest BCUT2D eigenvalue weighted by atomic mass is 10.1. The molecule has 0 aliphatic rings. The summed E-state index contributed by atoms with van der Waals surface area (Å²) in [5.74, 6) is 0. The number of hydrogen-bond donors (Lipinski definition) is 1. The van der Waals surface area contributed by atoms with Gasteiger partial charge in [-0.25, -0.2) is 0 Å². The number of nitrogens with zero attached hydrogens (tertiary/aromatic N) is 1. The molecule has 0 spiro atoms. The van der Waals surface area contributed by atoms with Gasteiger partial charge in [-0.15, -0.1) is 11.3 Å². The molecular formula is C13H10Br2N2S. The smallest absolute Gasteiger partial charge is 0.128 e. The summed E-state index contributed by atoms with van der Waals surface area (Å²) in [5, 5.41) is 9.07. The van der Waals surface area contributed by atoms with Crippen LogP contribution >= 0.6 is 43.2 Å². The fourth-order valence-corrected chi connectivity index (χ4v) is 4.22. The van der Waals surface area contributed by atoms with Gasteiger partial charge in [-0.3, -0.25) is 0 Å². The first-order valence-corrected chi connectivity index (χ1v) is 7.74. The summed E-state index contributed by atoms with van der Waals surface area (Å²) < 4.78 is 2.00. The van der Waals surface area contributed by atoms with Crippen LogP contribution in [0.3, 0.4) is 0 Å². The Balaban J connectivity index is 2.67. The van der Waals surface area contributed by atoms with Crippen molar-refractivity contribution < 1.29 is 0 Å². The van der Waals surface area contributed by atoms with E-state index in [0.717, 1.165) is 31.4 Å². The van der Waals surface area contributed by atoms with Gasteiger partial charge in [0.2, 0.25) is 0 Å². The zero-order valence-electron chi connectivity index (χ0n) is 9.63. The molecule has 1 heterocycles. The van der Waals surface area contributed by atoms with E-state index < -0.39 is 0 Å². The van der Waals surface area contributed by atoms with Gasteiger partial charge in [-0.05, 0) is 35.7 Å². The molecule has 1 aromatic carbocycles. The molecule has 2 N–H and O–H groups in total. The van der Waals surface area contributed by atoms with Gasteiger partial charge in [-0.2, -0.15) is 5.26 Å². The summed E-state index contributed by atoms with van der Waals surface area (Å²) in [6, 6.07) is 8.22. The van der Waals surface area contributed by atoms with Gasteiger partial charge in [0.25, 0.3) is 0 Å². The quantitative estimate of drug-likeness (QED) is 0.794. The minimum Gasteiger partial charge on any atom is -0.397 e. The van der Waals surface area contributed by atoms with E-state index in [-0.39, 0.29) is 0 Å². The van der Waals surface area contributed by atoms with E-state index in [0.29, 0.717) is 10.6 Å². The Kier molecular flexibility index (Phi) is 4.10. The van der Waals surface area contributed by atoms with Gasteiger partial charge in [0.1, 0.15) is 10.9 Å². The first-order valence-electron chi connectivity index (χ1n) is 5.34. The molecule has 2 rings (SSSR count). The van der Waals surface area contributed by atoms with Gasteiger partial charge in [-0.1, -0.05) is 38.8 Å². The monoisotopic (exact) mass is 384 g/mol. The van der Waals surface area contributed by atoms with Crippen molar-refractivity contribution in [2.45, 2.75) is 13.3 Å². The molecule has 2 nitrogen and oxygen atoms in total. The van der Waals surface area contributed by atoms with Crippen LogP contribution in [0.15, 0.2) is 27.1 Å². The van der Waals surface area contributed by atoms with Crippen molar-refractivity contribution in [2.75, 3.05) is 5.73 Å². The van der Waals surface area contributed by atoms with Crippen molar-refractivity contribution in [3.63, 3.8) is 0 Å². The van der Waals surface area contributed by atoms with Crippen LogP contribution < -0.4 is 5.73 Å². The molecule has 18 heavy (non-hydrogen) atoms. The summed E-state index contributed by atoms with van der Waals surface area (Å²) >= 11 is 8.41. The van der Waals surface area contributed by atoms with Gasteiger partial charge < -0.3 is 5.73 Å². The highest BCUT2D eigenvalue weighted by Crippen LogP contribution is 2.40. The topological polar surface area (TPSA) is 49.8 Å². The lowest BCUT2D eigenvalue weighted by Gasteiger charge is -2.04. The number of anilines is 1. The van der Waals surface area contributed by atoms with Crippen LogP contribution in [-0.2, 0) is 6.42 Å². The summed E-state index contributed by atoms with van der Waals surface area (Å²) in [5.41, 5.74) is 8.76. The minimum absolute atomic E-state index is 0.595. The fourth-order valence-electron chi connectivity index (χ4n) is 1.83. The Morgan fingerprint density at radius 2 is 1.89 bits per heavy atom. The third kappa shape index (κ3) is 2.46. The Bertz CT molecular complexity index is 621. The normalized spacial score (nSPS) is 10.3.